The van der Waals surface area contributed by atoms with Crippen molar-refractivity contribution < 1.29 is 28.6 Å². The summed E-state index contributed by atoms with van der Waals surface area (Å²) in [5, 5.41) is 0. The van der Waals surface area contributed by atoms with E-state index in [-0.39, 0.29) is 31.1 Å². The van der Waals surface area contributed by atoms with Crippen LogP contribution in [-0.2, 0) is 28.6 Å². The maximum atomic E-state index is 12.8. The van der Waals surface area contributed by atoms with E-state index in [1.165, 1.54) is 180 Å². The van der Waals surface area contributed by atoms with Gasteiger partial charge in [0.25, 0.3) is 0 Å². The number of rotatable bonds is 51. The topological polar surface area (TPSA) is 78.9 Å². The van der Waals surface area contributed by atoms with Gasteiger partial charge in [-0.05, 0) is 44.9 Å². The second kappa shape index (κ2) is 52.5. The van der Waals surface area contributed by atoms with Crippen LogP contribution >= 0.6 is 0 Å². The Labute approximate surface area is 392 Å². The van der Waals surface area contributed by atoms with Crippen LogP contribution in [0.3, 0.4) is 0 Å². The minimum atomic E-state index is -0.771. The number of unbranched alkanes of at least 4 members (excludes halogenated alkanes) is 36. The van der Waals surface area contributed by atoms with Crippen molar-refractivity contribution in [2.45, 2.75) is 309 Å². The first-order chi connectivity index (χ1) is 31.0. The Morgan fingerprint density at radius 1 is 0.317 bits per heavy atom. The number of ether oxygens (including phenoxy) is 3. The lowest BCUT2D eigenvalue weighted by atomic mass is 10.0. The SMILES string of the molecule is CCC/C=C\C/C=C\CCCCCCCC(=O)OCC(COC(=O)CCCCCCCCCCCCCCCCCCCC)OC(=O)CCCCCCCCCCCCCCCC. The number of hydrogen-bond donors (Lipinski definition) is 0. The monoisotopic (exact) mass is 887 g/mol. The summed E-state index contributed by atoms with van der Waals surface area (Å²) in [7, 11) is 0. The highest BCUT2D eigenvalue weighted by Crippen LogP contribution is 2.17. The van der Waals surface area contributed by atoms with Crippen LogP contribution < -0.4 is 0 Å². The quantitative estimate of drug-likeness (QED) is 0.0262. The van der Waals surface area contributed by atoms with Crippen LogP contribution in [0.4, 0.5) is 0 Å². The van der Waals surface area contributed by atoms with Gasteiger partial charge in [-0.3, -0.25) is 14.4 Å². The lowest BCUT2D eigenvalue weighted by Gasteiger charge is -2.18. The fourth-order valence-electron chi connectivity index (χ4n) is 8.25. The van der Waals surface area contributed by atoms with E-state index in [2.05, 4.69) is 45.1 Å². The molecule has 0 spiro atoms. The van der Waals surface area contributed by atoms with Crippen LogP contribution in [0.2, 0.25) is 0 Å². The molecule has 0 radical (unpaired) electrons. The van der Waals surface area contributed by atoms with E-state index >= 15 is 0 Å². The molecule has 0 aliphatic heterocycles. The summed E-state index contributed by atoms with van der Waals surface area (Å²) in [6, 6.07) is 0. The molecular weight excluding hydrogens is 781 g/mol. The first-order valence-corrected chi connectivity index (χ1v) is 27.8. The Bertz CT molecular complexity index is 1020. The van der Waals surface area contributed by atoms with E-state index in [4.69, 9.17) is 14.2 Å². The number of esters is 3. The highest BCUT2D eigenvalue weighted by atomic mass is 16.6. The summed E-state index contributed by atoms with van der Waals surface area (Å²) < 4.78 is 16.8. The van der Waals surface area contributed by atoms with Gasteiger partial charge in [-0.2, -0.15) is 0 Å². The predicted octanol–water partition coefficient (Wildman–Crippen LogP) is 18.3. The summed E-state index contributed by atoms with van der Waals surface area (Å²) in [6.07, 6.45) is 60.2. The Hall–Kier alpha value is -2.11. The first-order valence-electron chi connectivity index (χ1n) is 27.8. The van der Waals surface area contributed by atoms with Crippen LogP contribution in [0.5, 0.6) is 0 Å². The molecule has 0 heterocycles. The summed E-state index contributed by atoms with van der Waals surface area (Å²) in [4.78, 5) is 38.0. The zero-order chi connectivity index (χ0) is 45.8. The van der Waals surface area contributed by atoms with Crippen molar-refractivity contribution in [2.75, 3.05) is 13.2 Å². The highest BCUT2D eigenvalue weighted by molar-refractivity contribution is 5.71. The Balaban J connectivity index is 4.31. The van der Waals surface area contributed by atoms with E-state index in [1.807, 2.05) is 0 Å². The van der Waals surface area contributed by atoms with Gasteiger partial charge in [0.1, 0.15) is 13.2 Å². The smallest absolute Gasteiger partial charge is 0.306 e. The van der Waals surface area contributed by atoms with E-state index in [9.17, 15) is 14.4 Å². The summed E-state index contributed by atoms with van der Waals surface area (Å²) in [5.41, 5.74) is 0. The zero-order valence-corrected chi connectivity index (χ0v) is 42.4. The summed E-state index contributed by atoms with van der Waals surface area (Å²) >= 11 is 0. The minimum absolute atomic E-state index is 0.0703. The number of hydrogen-bond acceptors (Lipinski definition) is 6. The molecule has 0 aromatic carbocycles. The van der Waals surface area contributed by atoms with Crippen LogP contribution in [0, 0.1) is 0 Å². The molecule has 0 rings (SSSR count). The Morgan fingerprint density at radius 2 is 0.603 bits per heavy atom. The van der Waals surface area contributed by atoms with Crippen LogP contribution in [0.25, 0.3) is 0 Å². The molecule has 370 valence electrons. The van der Waals surface area contributed by atoms with Crippen LogP contribution in [-0.4, -0.2) is 37.2 Å². The second-order valence-corrected chi connectivity index (χ2v) is 18.9. The van der Waals surface area contributed by atoms with Crippen molar-refractivity contribution in [1.82, 2.24) is 0 Å². The predicted molar refractivity (Wildman–Crippen MR) is 270 cm³/mol. The molecule has 0 saturated heterocycles. The lowest BCUT2D eigenvalue weighted by Crippen LogP contribution is -2.30. The highest BCUT2D eigenvalue weighted by Gasteiger charge is 2.19. The molecule has 0 aliphatic rings. The zero-order valence-electron chi connectivity index (χ0n) is 42.4. The average Bonchev–Trinajstić information content (AvgIpc) is 3.28. The maximum absolute atomic E-state index is 12.8. The third-order valence-electron chi connectivity index (χ3n) is 12.4. The molecule has 0 bridgehead atoms. The summed E-state index contributed by atoms with van der Waals surface area (Å²) in [5.74, 6) is -0.866. The van der Waals surface area contributed by atoms with Gasteiger partial charge in [0.05, 0.1) is 0 Å². The Kier molecular flexibility index (Phi) is 50.8. The molecular formula is C57H106O6. The maximum Gasteiger partial charge on any atom is 0.306 e. The molecule has 6 heteroatoms. The molecule has 0 saturated carbocycles. The Morgan fingerprint density at radius 3 is 0.937 bits per heavy atom. The number of carbonyl (C=O) groups is 3. The van der Waals surface area contributed by atoms with Gasteiger partial charge in [0, 0.05) is 19.3 Å². The van der Waals surface area contributed by atoms with E-state index in [0.717, 1.165) is 83.5 Å². The molecule has 0 fully saturated rings. The molecule has 0 amide bonds. The molecule has 0 aromatic rings. The standard InChI is InChI=1S/C57H106O6/c1-4-7-10-13-16-19-22-25-27-28-29-30-33-35-38-41-44-47-50-56(59)62-53-54(52-61-55(58)49-46-43-40-37-34-31-24-21-18-15-12-9-6-3)63-57(60)51-48-45-42-39-36-32-26-23-20-17-14-11-8-5-2/h12,15,21,24,54H,4-11,13-14,16-20,22-23,25-53H2,1-3H3/b15-12-,24-21-. The van der Waals surface area contributed by atoms with Crippen molar-refractivity contribution in [3.8, 4) is 0 Å². The second-order valence-electron chi connectivity index (χ2n) is 18.9. The molecule has 0 N–H and O–H groups in total. The molecule has 1 unspecified atom stereocenters. The van der Waals surface area contributed by atoms with Gasteiger partial charge >= 0.3 is 17.9 Å². The van der Waals surface area contributed by atoms with E-state index in [1.54, 1.807) is 0 Å². The fourth-order valence-corrected chi connectivity index (χ4v) is 8.25. The van der Waals surface area contributed by atoms with Crippen LogP contribution in [0.15, 0.2) is 24.3 Å². The largest absolute Gasteiger partial charge is 0.462 e. The van der Waals surface area contributed by atoms with E-state index < -0.39 is 6.10 Å². The van der Waals surface area contributed by atoms with Crippen molar-refractivity contribution >= 4 is 17.9 Å². The minimum Gasteiger partial charge on any atom is -0.462 e. The molecule has 1 atom stereocenters. The third-order valence-corrected chi connectivity index (χ3v) is 12.4. The summed E-state index contributed by atoms with van der Waals surface area (Å²) in [6.45, 7) is 6.61. The van der Waals surface area contributed by atoms with Gasteiger partial charge < -0.3 is 14.2 Å². The van der Waals surface area contributed by atoms with Gasteiger partial charge in [-0.1, -0.05) is 263 Å². The molecule has 63 heavy (non-hydrogen) atoms. The van der Waals surface area contributed by atoms with E-state index in [0.29, 0.717) is 19.3 Å². The molecule has 0 aromatic heterocycles. The molecule has 6 nitrogen and oxygen atoms in total. The average molecular weight is 887 g/mol. The number of allylic oxidation sites excluding steroid dienone is 4. The van der Waals surface area contributed by atoms with Crippen LogP contribution in [0.1, 0.15) is 303 Å². The molecule has 0 aliphatic carbocycles. The fraction of sp³-hybridized carbons (Fsp3) is 0.877. The van der Waals surface area contributed by atoms with Crippen molar-refractivity contribution in [3.63, 3.8) is 0 Å². The number of carbonyl (C=O) groups excluding carboxylic acids is 3. The van der Waals surface area contributed by atoms with Crippen molar-refractivity contribution in [2.24, 2.45) is 0 Å². The van der Waals surface area contributed by atoms with Gasteiger partial charge in [0.15, 0.2) is 6.10 Å². The normalized spacial score (nSPS) is 12.1. The first kappa shape index (κ1) is 60.9. The third kappa shape index (κ3) is 50.7. The van der Waals surface area contributed by atoms with Crippen molar-refractivity contribution in [1.29, 1.82) is 0 Å². The van der Waals surface area contributed by atoms with Gasteiger partial charge in [-0.25, -0.2) is 0 Å². The van der Waals surface area contributed by atoms with Crippen molar-refractivity contribution in [3.05, 3.63) is 24.3 Å². The van der Waals surface area contributed by atoms with Gasteiger partial charge in [0.2, 0.25) is 0 Å². The van der Waals surface area contributed by atoms with Gasteiger partial charge in [-0.15, -0.1) is 0 Å². The lowest BCUT2D eigenvalue weighted by molar-refractivity contribution is -0.167.